The maximum atomic E-state index is 11.9. The molecule has 3 rings (SSSR count). The molecule has 1 atom stereocenters. The number of aromatic nitrogens is 2. The standard InChI is InChI=1S/C11H10Cl2N4O2/c12-8-7-9(16-10(13)15-8)17(11(18)14-7)4-6-2-1-3-19-5-6/h4,6H,1-3,5H2/p+1/b17-4+. The van der Waals surface area contributed by atoms with E-state index in [0.717, 1.165) is 19.4 Å². The van der Waals surface area contributed by atoms with Gasteiger partial charge in [-0.15, -0.1) is 0 Å². The van der Waals surface area contributed by atoms with E-state index in [-0.39, 0.29) is 22.4 Å². The Kier molecular flexibility index (Phi) is 3.38. The summed E-state index contributed by atoms with van der Waals surface area (Å²) in [6.45, 7) is 1.37. The van der Waals surface area contributed by atoms with Crippen molar-refractivity contribution in [2.24, 2.45) is 5.92 Å². The Morgan fingerprint density at radius 2 is 2.26 bits per heavy atom. The van der Waals surface area contributed by atoms with Crippen molar-refractivity contribution in [3.63, 3.8) is 0 Å². The van der Waals surface area contributed by atoms with Gasteiger partial charge in [0, 0.05) is 12.5 Å². The number of hydrogen-bond donors (Lipinski definition) is 1. The van der Waals surface area contributed by atoms with Crippen molar-refractivity contribution < 1.29 is 14.1 Å². The molecule has 2 aliphatic rings. The first-order chi connectivity index (χ1) is 9.15. The Balaban J connectivity index is 1.99. The van der Waals surface area contributed by atoms with E-state index in [0.29, 0.717) is 18.1 Å². The molecule has 0 radical (unpaired) electrons. The molecule has 0 bridgehead atoms. The van der Waals surface area contributed by atoms with Crippen molar-refractivity contribution >= 4 is 47.0 Å². The molecule has 8 heteroatoms. The third-order valence-electron chi connectivity index (χ3n) is 3.05. The minimum absolute atomic E-state index is 0.0125. The van der Waals surface area contributed by atoms with Gasteiger partial charge >= 0.3 is 17.1 Å². The molecule has 3 heterocycles. The maximum Gasteiger partial charge on any atom is 0.446 e. The van der Waals surface area contributed by atoms with E-state index in [1.165, 1.54) is 4.58 Å². The van der Waals surface area contributed by atoms with Crippen LogP contribution >= 0.6 is 23.2 Å². The fourth-order valence-corrected chi connectivity index (χ4v) is 2.59. The highest BCUT2D eigenvalue weighted by Crippen LogP contribution is 2.35. The van der Waals surface area contributed by atoms with Crippen LogP contribution in [0.1, 0.15) is 12.8 Å². The highest BCUT2D eigenvalue weighted by atomic mass is 35.5. The number of hydrogen-bond acceptors (Lipinski definition) is 4. The Bertz CT molecular complexity index is 570. The number of carbonyl (C=O) groups excluding carboxylic acids is 1. The van der Waals surface area contributed by atoms with Gasteiger partial charge in [0.25, 0.3) is 0 Å². The fourth-order valence-electron chi connectivity index (χ4n) is 2.17. The van der Waals surface area contributed by atoms with Gasteiger partial charge in [-0.05, 0) is 24.4 Å². The van der Waals surface area contributed by atoms with Gasteiger partial charge in [0.1, 0.15) is 0 Å². The van der Waals surface area contributed by atoms with Crippen LogP contribution in [0.4, 0.5) is 16.3 Å². The predicted octanol–water partition coefficient (Wildman–Crippen LogP) is 2.47. The van der Waals surface area contributed by atoms with Crippen LogP contribution in [0.25, 0.3) is 0 Å². The minimum Gasteiger partial charge on any atom is -0.381 e. The number of ether oxygens (including phenoxy) is 1. The third kappa shape index (κ3) is 2.43. The zero-order valence-electron chi connectivity index (χ0n) is 9.90. The molecule has 2 aliphatic heterocycles. The second-order valence-electron chi connectivity index (χ2n) is 4.41. The van der Waals surface area contributed by atoms with Crippen molar-refractivity contribution in [2.45, 2.75) is 12.8 Å². The molecule has 0 aliphatic carbocycles. The number of amides is 2. The number of fused-ring (bicyclic) bond motifs is 1. The minimum atomic E-state index is -0.306. The highest BCUT2D eigenvalue weighted by Gasteiger charge is 2.37. The summed E-state index contributed by atoms with van der Waals surface area (Å²) < 4.78 is 6.81. The monoisotopic (exact) mass is 301 g/mol. The van der Waals surface area contributed by atoms with Gasteiger partial charge in [-0.1, -0.05) is 16.6 Å². The van der Waals surface area contributed by atoms with Gasteiger partial charge < -0.3 is 4.74 Å². The van der Waals surface area contributed by atoms with Crippen LogP contribution in [0, 0.1) is 5.92 Å². The molecule has 1 fully saturated rings. The van der Waals surface area contributed by atoms with Crippen molar-refractivity contribution in [2.75, 3.05) is 18.5 Å². The van der Waals surface area contributed by atoms with E-state index in [9.17, 15) is 4.79 Å². The molecule has 1 saturated heterocycles. The topological polar surface area (TPSA) is 67.1 Å². The molecule has 19 heavy (non-hydrogen) atoms. The molecule has 1 N–H and O–H groups in total. The average Bonchev–Trinajstić information content (AvgIpc) is 2.69. The number of carbonyl (C=O) groups is 1. The van der Waals surface area contributed by atoms with E-state index in [1.54, 1.807) is 6.21 Å². The van der Waals surface area contributed by atoms with Crippen LogP contribution < -0.4 is 5.32 Å². The van der Waals surface area contributed by atoms with E-state index < -0.39 is 0 Å². The van der Waals surface area contributed by atoms with Gasteiger partial charge in [-0.3, -0.25) is 0 Å². The summed E-state index contributed by atoms with van der Waals surface area (Å²) in [5.41, 5.74) is 0.393. The van der Waals surface area contributed by atoms with E-state index in [1.807, 2.05) is 0 Å². The lowest BCUT2D eigenvalue weighted by Gasteiger charge is -2.17. The molecule has 1 aromatic heterocycles. The van der Waals surface area contributed by atoms with Gasteiger partial charge in [0.05, 0.1) is 12.8 Å². The van der Waals surface area contributed by atoms with Gasteiger partial charge in [-0.2, -0.15) is 9.56 Å². The Morgan fingerprint density at radius 3 is 3.00 bits per heavy atom. The van der Waals surface area contributed by atoms with Crippen molar-refractivity contribution in [1.82, 2.24) is 9.97 Å². The zero-order chi connectivity index (χ0) is 13.4. The van der Waals surface area contributed by atoms with Gasteiger partial charge in [0.2, 0.25) is 5.69 Å². The van der Waals surface area contributed by atoms with Gasteiger partial charge in [0.15, 0.2) is 5.15 Å². The lowest BCUT2D eigenvalue weighted by molar-refractivity contribution is -0.323. The molecule has 1 aromatic rings. The number of nitrogens with zero attached hydrogens (tertiary/aromatic N) is 3. The number of urea groups is 1. The largest absolute Gasteiger partial charge is 0.446 e. The van der Waals surface area contributed by atoms with Crippen LogP contribution in [0.15, 0.2) is 0 Å². The normalized spacial score (nSPS) is 24.4. The van der Waals surface area contributed by atoms with Crippen LogP contribution in [-0.4, -0.2) is 40.0 Å². The summed E-state index contributed by atoms with van der Waals surface area (Å²) in [6.07, 6.45) is 3.76. The second-order valence-corrected chi connectivity index (χ2v) is 5.10. The zero-order valence-corrected chi connectivity index (χ0v) is 11.4. The highest BCUT2D eigenvalue weighted by molar-refractivity contribution is 6.35. The van der Waals surface area contributed by atoms with Gasteiger partial charge in [-0.25, -0.2) is 10.1 Å². The Morgan fingerprint density at radius 1 is 1.42 bits per heavy atom. The number of halogens is 2. The van der Waals surface area contributed by atoms with Crippen LogP contribution in [0.3, 0.4) is 0 Å². The Labute approximate surface area is 119 Å². The maximum absolute atomic E-state index is 11.9. The predicted molar refractivity (Wildman–Crippen MR) is 70.6 cm³/mol. The SMILES string of the molecule is O=C1Nc2c(Cl)nc(Cl)nc2/[N+]1=C\C1CCCOC1. The van der Waals surface area contributed by atoms with Crippen LogP contribution in [0.2, 0.25) is 10.4 Å². The number of anilines is 1. The van der Waals surface area contributed by atoms with Crippen molar-refractivity contribution in [3.05, 3.63) is 10.4 Å². The molecular weight excluding hydrogens is 291 g/mol. The summed E-state index contributed by atoms with van der Waals surface area (Å²) in [7, 11) is 0. The van der Waals surface area contributed by atoms with Crippen molar-refractivity contribution in [3.8, 4) is 0 Å². The third-order valence-corrected chi connectivity index (χ3v) is 3.50. The lowest BCUT2D eigenvalue weighted by atomic mass is 10.0. The van der Waals surface area contributed by atoms with E-state index >= 15 is 0 Å². The summed E-state index contributed by atoms with van der Waals surface area (Å²) in [5.74, 6) is 0.568. The van der Waals surface area contributed by atoms with Crippen molar-refractivity contribution in [1.29, 1.82) is 0 Å². The molecule has 6 nitrogen and oxygen atoms in total. The van der Waals surface area contributed by atoms with Crippen LogP contribution in [0.5, 0.6) is 0 Å². The molecule has 1 unspecified atom stereocenters. The molecule has 0 aromatic carbocycles. The fraction of sp³-hybridized carbons (Fsp3) is 0.455. The molecule has 0 spiro atoms. The molecule has 0 saturated carbocycles. The first kappa shape index (κ1) is 12.8. The lowest BCUT2D eigenvalue weighted by Crippen LogP contribution is -2.25. The molecule has 2 amide bonds. The summed E-state index contributed by atoms with van der Waals surface area (Å²) in [4.78, 5) is 19.8. The van der Waals surface area contributed by atoms with Crippen LogP contribution in [-0.2, 0) is 4.74 Å². The number of nitrogens with one attached hydrogen (secondary N) is 1. The second kappa shape index (κ2) is 5.03. The number of rotatable bonds is 1. The summed E-state index contributed by atoms with van der Waals surface area (Å²) >= 11 is 11.7. The first-order valence-electron chi connectivity index (χ1n) is 5.91. The summed E-state index contributed by atoms with van der Waals surface area (Å²) in [6, 6.07) is -0.306. The summed E-state index contributed by atoms with van der Waals surface area (Å²) in [5, 5.41) is 2.78. The first-order valence-corrected chi connectivity index (χ1v) is 6.67. The quantitative estimate of drug-likeness (QED) is 0.491. The molecule has 100 valence electrons. The average molecular weight is 302 g/mol. The Hall–Kier alpha value is -1.24. The molecular formula is C11H11Cl2N4O2+. The van der Waals surface area contributed by atoms with E-state index in [4.69, 9.17) is 27.9 Å². The smallest absolute Gasteiger partial charge is 0.381 e. The van der Waals surface area contributed by atoms with E-state index in [2.05, 4.69) is 15.3 Å².